The highest BCUT2D eigenvalue weighted by Gasteiger charge is 2.53. The van der Waals surface area contributed by atoms with Crippen molar-refractivity contribution in [3.05, 3.63) is 35.9 Å². The van der Waals surface area contributed by atoms with E-state index in [1.165, 1.54) is 0 Å². The van der Waals surface area contributed by atoms with Crippen LogP contribution in [-0.2, 0) is 57.1 Å². The second-order valence-electron chi connectivity index (χ2n) is 7.75. The van der Waals surface area contributed by atoms with Gasteiger partial charge >= 0.3 is 29.8 Å². The normalized spacial score (nSPS) is 24.1. The average molecular weight is 510 g/mol. The molecule has 1 aromatic rings. The summed E-state index contributed by atoms with van der Waals surface area (Å²) >= 11 is 0. The topological polar surface area (TPSA) is 150 Å². The van der Waals surface area contributed by atoms with Gasteiger partial charge < -0.3 is 33.2 Å². The van der Waals surface area contributed by atoms with Crippen LogP contribution < -0.4 is 0 Å². The number of hydrogen-bond donors (Lipinski definition) is 0. The van der Waals surface area contributed by atoms with Crippen molar-refractivity contribution >= 4 is 29.8 Å². The van der Waals surface area contributed by atoms with Crippen molar-refractivity contribution in [3.8, 4) is 0 Å². The summed E-state index contributed by atoms with van der Waals surface area (Å²) in [7, 11) is 0. The number of carbonyl (C=O) groups excluding carboxylic acids is 5. The number of hydrogen-bond acceptors (Lipinski definition) is 12. The first kappa shape index (κ1) is 28.7. The molecule has 1 heterocycles. The highest BCUT2D eigenvalue weighted by Crippen LogP contribution is 2.33. The first-order chi connectivity index (χ1) is 17.0. The molecule has 0 aromatic heterocycles. The summed E-state index contributed by atoms with van der Waals surface area (Å²) < 4.78 is 38.1. The van der Waals surface area contributed by atoms with E-state index in [1.54, 1.807) is 37.3 Å². The Bertz CT molecular complexity index is 930. The van der Waals surface area contributed by atoms with Crippen LogP contribution in [-0.4, -0.2) is 73.8 Å². The molecule has 1 aliphatic heterocycles. The summed E-state index contributed by atoms with van der Waals surface area (Å²) in [4.78, 5) is 60.0. The standard InChI is InChI=1S/C24H30O12/c1-6-30-23(29)19(17-10-8-7-9-11-17)36-24-22(34-16(5)28)21(33-15(4)27)20(32-14(3)26)18(35-24)12-31-13(2)25/h7-11,18-22,24H,6,12H2,1-5H3/t18-,19?,20-,21+,22-,24+/m1/s1. The van der Waals surface area contributed by atoms with Gasteiger partial charge in [-0.15, -0.1) is 0 Å². The van der Waals surface area contributed by atoms with Crippen molar-refractivity contribution in [2.45, 2.75) is 71.4 Å². The van der Waals surface area contributed by atoms with E-state index in [0.29, 0.717) is 5.56 Å². The largest absolute Gasteiger partial charge is 0.464 e. The van der Waals surface area contributed by atoms with Gasteiger partial charge in [-0.25, -0.2) is 4.79 Å². The van der Waals surface area contributed by atoms with E-state index in [4.69, 9.17) is 33.2 Å². The van der Waals surface area contributed by atoms with Crippen molar-refractivity contribution in [3.63, 3.8) is 0 Å². The van der Waals surface area contributed by atoms with Crippen LogP contribution in [0.4, 0.5) is 0 Å². The Labute approximate surface area is 208 Å². The van der Waals surface area contributed by atoms with E-state index >= 15 is 0 Å². The number of carbonyl (C=O) groups is 5. The van der Waals surface area contributed by atoms with Crippen LogP contribution in [0, 0.1) is 0 Å². The third kappa shape index (κ3) is 8.31. The number of benzene rings is 1. The molecular weight excluding hydrogens is 480 g/mol. The Hall–Kier alpha value is -3.51. The van der Waals surface area contributed by atoms with E-state index in [-0.39, 0.29) is 6.61 Å². The number of esters is 5. The number of ether oxygens (including phenoxy) is 7. The van der Waals surface area contributed by atoms with Crippen LogP contribution in [0.15, 0.2) is 30.3 Å². The molecule has 0 aliphatic carbocycles. The molecule has 0 bridgehead atoms. The second-order valence-corrected chi connectivity index (χ2v) is 7.75. The van der Waals surface area contributed by atoms with Crippen molar-refractivity contribution in [2.75, 3.05) is 13.2 Å². The average Bonchev–Trinajstić information content (AvgIpc) is 2.79. The molecule has 12 nitrogen and oxygen atoms in total. The Balaban J connectivity index is 2.53. The van der Waals surface area contributed by atoms with Crippen molar-refractivity contribution in [1.82, 2.24) is 0 Å². The van der Waals surface area contributed by atoms with Gasteiger partial charge in [0.2, 0.25) is 6.29 Å². The Morgan fingerprint density at radius 2 is 1.33 bits per heavy atom. The molecule has 1 saturated heterocycles. The van der Waals surface area contributed by atoms with Crippen LogP contribution in [0.1, 0.15) is 46.3 Å². The lowest BCUT2D eigenvalue weighted by Gasteiger charge is -2.44. The van der Waals surface area contributed by atoms with Crippen LogP contribution >= 0.6 is 0 Å². The van der Waals surface area contributed by atoms with E-state index < -0.39 is 73.3 Å². The highest BCUT2D eigenvalue weighted by atomic mass is 16.7. The van der Waals surface area contributed by atoms with Gasteiger partial charge in [0.1, 0.15) is 12.7 Å². The Morgan fingerprint density at radius 1 is 0.778 bits per heavy atom. The maximum atomic E-state index is 12.8. The van der Waals surface area contributed by atoms with Gasteiger partial charge in [-0.3, -0.25) is 19.2 Å². The smallest absolute Gasteiger partial charge is 0.340 e. The SMILES string of the molecule is CCOC(=O)C(O[C@@H]1O[C@H](COC(C)=O)[C@@H](OC(C)=O)[C@H](OC(C)=O)[C@H]1OC(C)=O)c1ccccc1. The quantitative estimate of drug-likeness (QED) is 0.330. The molecule has 1 unspecified atom stereocenters. The minimum atomic E-state index is -1.53. The Morgan fingerprint density at radius 3 is 1.86 bits per heavy atom. The van der Waals surface area contributed by atoms with Gasteiger partial charge in [-0.2, -0.15) is 0 Å². The molecule has 0 amide bonds. The zero-order chi connectivity index (χ0) is 26.8. The molecule has 6 atom stereocenters. The summed E-state index contributed by atoms with van der Waals surface area (Å²) in [5.41, 5.74) is 0.406. The minimum absolute atomic E-state index is 0.0596. The molecule has 0 radical (unpaired) electrons. The first-order valence-corrected chi connectivity index (χ1v) is 11.2. The molecule has 0 saturated carbocycles. The van der Waals surface area contributed by atoms with Gasteiger partial charge in [0.25, 0.3) is 0 Å². The molecule has 36 heavy (non-hydrogen) atoms. The fraction of sp³-hybridized carbons (Fsp3) is 0.542. The zero-order valence-corrected chi connectivity index (χ0v) is 20.7. The summed E-state index contributed by atoms with van der Waals surface area (Å²) in [6.07, 6.45) is -8.30. The zero-order valence-electron chi connectivity index (χ0n) is 20.7. The van der Waals surface area contributed by atoms with Crippen molar-refractivity contribution in [2.24, 2.45) is 0 Å². The maximum absolute atomic E-state index is 12.8. The molecule has 1 aliphatic rings. The van der Waals surface area contributed by atoms with Gasteiger partial charge in [-0.05, 0) is 12.5 Å². The van der Waals surface area contributed by atoms with Gasteiger partial charge in [0, 0.05) is 27.7 Å². The predicted molar refractivity (Wildman–Crippen MR) is 119 cm³/mol. The predicted octanol–water partition coefficient (Wildman–Crippen LogP) is 1.39. The summed E-state index contributed by atoms with van der Waals surface area (Å²) in [6.45, 7) is 5.74. The lowest BCUT2D eigenvalue weighted by atomic mass is 9.97. The van der Waals surface area contributed by atoms with Crippen LogP contribution in [0.3, 0.4) is 0 Å². The summed E-state index contributed by atoms with van der Waals surface area (Å²) in [5, 5.41) is 0. The third-order valence-corrected chi connectivity index (χ3v) is 4.82. The number of rotatable bonds is 10. The van der Waals surface area contributed by atoms with E-state index in [0.717, 1.165) is 27.7 Å². The van der Waals surface area contributed by atoms with Gasteiger partial charge in [-0.1, -0.05) is 30.3 Å². The van der Waals surface area contributed by atoms with Crippen molar-refractivity contribution in [1.29, 1.82) is 0 Å². The summed E-state index contributed by atoms with van der Waals surface area (Å²) in [6, 6.07) is 8.33. The molecule has 198 valence electrons. The molecule has 12 heteroatoms. The third-order valence-electron chi connectivity index (χ3n) is 4.82. The van der Waals surface area contributed by atoms with E-state index in [2.05, 4.69) is 0 Å². The van der Waals surface area contributed by atoms with E-state index in [9.17, 15) is 24.0 Å². The molecule has 2 rings (SSSR count). The second kappa shape index (κ2) is 13.5. The fourth-order valence-corrected chi connectivity index (χ4v) is 3.55. The highest BCUT2D eigenvalue weighted by molar-refractivity contribution is 5.76. The fourth-order valence-electron chi connectivity index (χ4n) is 3.55. The lowest BCUT2D eigenvalue weighted by Crippen LogP contribution is -2.63. The molecule has 0 spiro atoms. The minimum Gasteiger partial charge on any atom is -0.464 e. The van der Waals surface area contributed by atoms with Gasteiger partial charge in [0.05, 0.1) is 6.61 Å². The van der Waals surface area contributed by atoms with Gasteiger partial charge in [0.15, 0.2) is 24.4 Å². The molecule has 1 aromatic carbocycles. The maximum Gasteiger partial charge on any atom is 0.340 e. The Kier molecular flexibility index (Phi) is 10.8. The molecule has 1 fully saturated rings. The summed E-state index contributed by atoms with van der Waals surface area (Å²) in [5.74, 6) is -3.75. The van der Waals surface area contributed by atoms with Crippen LogP contribution in [0.25, 0.3) is 0 Å². The first-order valence-electron chi connectivity index (χ1n) is 11.2. The molecule has 0 N–H and O–H groups in total. The van der Waals surface area contributed by atoms with Crippen LogP contribution in [0.5, 0.6) is 0 Å². The molecular formula is C24H30O12. The van der Waals surface area contributed by atoms with Crippen molar-refractivity contribution < 1.29 is 57.1 Å². The lowest BCUT2D eigenvalue weighted by molar-refractivity contribution is -0.316. The monoisotopic (exact) mass is 510 g/mol. The van der Waals surface area contributed by atoms with Crippen LogP contribution in [0.2, 0.25) is 0 Å². The van der Waals surface area contributed by atoms with E-state index in [1.807, 2.05) is 0 Å².